The molecule has 48 heavy (non-hydrogen) atoms. The van der Waals surface area contributed by atoms with Crippen LogP contribution in [0.3, 0.4) is 0 Å². The Morgan fingerprint density at radius 1 is 1.08 bits per heavy atom. The van der Waals surface area contributed by atoms with Crippen LogP contribution in [0.25, 0.3) is 0 Å². The molecule has 4 aromatic rings. The number of aliphatic hydroxyl groups excluding tert-OH is 1. The highest BCUT2D eigenvalue weighted by atomic mass is 32.1. The van der Waals surface area contributed by atoms with Crippen LogP contribution in [0.15, 0.2) is 54.3 Å². The van der Waals surface area contributed by atoms with Gasteiger partial charge in [0.2, 0.25) is 0 Å². The summed E-state index contributed by atoms with van der Waals surface area (Å²) >= 11 is 1.20. The van der Waals surface area contributed by atoms with Crippen LogP contribution in [-0.2, 0) is 37.0 Å². The number of carbonyl (C=O) groups excluding carboxylic acids is 2. The number of alkyl halides is 3. The van der Waals surface area contributed by atoms with Gasteiger partial charge in [0.25, 0.3) is 11.8 Å². The minimum absolute atomic E-state index is 0.0544. The molecule has 0 aliphatic carbocycles. The zero-order valence-corrected chi connectivity index (χ0v) is 26.8. The number of benzene rings is 2. The molecule has 3 aliphatic rings. The smallest absolute Gasteiger partial charge is 0.396 e. The number of fused-ring (bicyclic) bond motifs is 2. The Bertz CT molecular complexity index is 1890. The highest BCUT2D eigenvalue weighted by molar-refractivity contribution is 7.13. The monoisotopic (exact) mass is 674 g/mol. The molecular weight excluding hydrogens is 641 g/mol. The number of imidazole rings is 1. The van der Waals surface area contributed by atoms with Crippen LogP contribution in [0.4, 0.5) is 18.3 Å². The quantitative estimate of drug-likeness (QED) is 0.260. The highest BCUT2D eigenvalue weighted by Crippen LogP contribution is 2.41. The maximum atomic E-state index is 14.5. The van der Waals surface area contributed by atoms with E-state index >= 15 is 0 Å². The fourth-order valence-electron chi connectivity index (χ4n) is 6.79. The standard InChI is InChI=1S/C35H33F3N6O3S/c36-35(37,38)28-17-25(8-5-22-3-6-23(7-4-22)18-42-13-9-24(20-45)10-14-42)16-26-27(28)19-44(33(26)47)31(32(46)41-34-39-11-15-48-34)30-29-2-1-12-43(29)21-40-30/h3-4,6-7,11,15-17,21,24,31,45H,1-2,9-10,12-14,18-20H2,(H,39,41,46). The summed E-state index contributed by atoms with van der Waals surface area (Å²) in [6.45, 7) is 3.15. The fraction of sp³-hybridized carbons (Fsp3) is 0.371. The average molecular weight is 675 g/mol. The van der Waals surface area contributed by atoms with Gasteiger partial charge in [-0.15, -0.1) is 11.3 Å². The van der Waals surface area contributed by atoms with Crippen LogP contribution >= 0.6 is 11.3 Å². The number of aromatic nitrogens is 3. The lowest BCUT2D eigenvalue weighted by atomic mass is 9.97. The van der Waals surface area contributed by atoms with Crippen molar-refractivity contribution in [1.82, 2.24) is 24.3 Å². The molecule has 13 heteroatoms. The molecule has 5 heterocycles. The van der Waals surface area contributed by atoms with E-state index < -0.39 is 36.1 Å². The first-order valence-electron chi connectivity index (χ1n) is 15.9. The summed E-state index contributed by atoms with van der Waals surface area (Å²) in [6.07, 6.45) is 1.80. The van der Waals surface area contributed by atoms with Crippen LogP contribution in [-0.4, -0.2) is 61.0 Å². The van der Waals surface area contributed by atoms with Gasteiger partial charge in [0, 0.05) is 60.2 Å². The molecule has 2 N–H and O–H groups in total. The number of aliphatic hydroxyl groups is 1. The SMILES string of the molecule is O=C(Nc1nccs1)C(c1ncn2c1CCC2)N1Cc2c(cc(C#Cc3ccc(CN4CCC(CO)CC4)cc3)cc2C(F)(F)F)C1=O. The second kappa shape index (κ2) is 13.2. The van der Waals surface area contributed by atoms with E-state index in [0.29, 0.717) is 35.3 Å². The molecule has 0 saturated carbocycles. The van der Waals surface area contributed by atoms with E-state index in [0.717, 1.165) is 56.2 Å². The number of nitrogens with zero attached hydrogens (tertiary/aromatic N) is 5. The Morgan fingerprint density at radius 3 is 2.56 bits per heavy atom. The van der Waals surface area contributed by atoms with Crippen LogP contribution < -0.4 is 5.32 Å². The van der Waals surface area contributed by atoms with Crippen molar-refractivity contribution in [3.63, 3.8) is 0 Å². The summed E-state index contributed by atoms with van der Waals surface area (Å²) in [5.74, 6) is 4.87. The minimum Gasteiger partial charge on any atom is -0.396 e. The molecule has 0 radical (unpaired) electrons. The van der Waals surface area contributed by atoms with Crippen molar-refractivity contribution in [2.75, 3.05) is 25.0 Å². The third kappa shape index (κ3) is 6.48. The topological polar surface area (TPSA) is 104 Å². The number of amides is 2. The third-order valence-electron chi connectivity index (χ3n) is 9.32. The van der Waals surface area contributed by atoms with Gasteiger partial charge in [-0.3, -0.25) is 19.8 Å². The van der Waals surface area contributed by atoms with Crippen molar-refractivity contribution in [3.8, 4) is 11.8 Å². The number of likely N-dealkylation sites (tertiary alicyclic amines) is 1. The van der Waals surface area contributed by atoms with E-state index in [4.69, 9.17) is 0 Å². The Kier molecular flexibility index (Phi) is 8.80. The molecule has 9 nitrogen and oxygen atoms in total. The molecule has 0 bridgehead atoms. The Labute approximate surface area is 279 Å². The van der Waals surface area contributed by atoms with Crippen LogP contribution in [0, 0.1) is 17.8 Å². The van der Waals surface area contributed by atoms with E-state index in [1.54, 1.807) is 11.7 Å². The second-order valence-electron chi connectivity index (χ2n) is 12.4. The number of carbonyl (C=O) groups is 2. The number of hydrogen-bond acceptors (Lipinski definition) is 7. The van der Waals surface area contributed by atoms with Crippen molar-refractivity contribution < 1.29 is 27.9 Å². The lowest BCUT2D eigenvalue weighted by molar-refractivity contribution is -0.138. The van der Waals surface area contributed by atoms with Crippen molar-refractivity contribution in [2.45, 2.75) is 57.5 Å². The van der Waals surface area contributed by atoms with Gasteiger partial charge in [-0.2, -0.15) is 13.2 Å². The Morgan fingerprint density at radius 2 is 1.85 bits per heavy atom. The minimum atomic E-state index is -4.75. The summed E-state index contributed by atoms with van der Waals surface area (Å²) in [6, 6.07) is 8.70. The third-order valence-corrected chi connectivity index (χ3v) is 10.0. The number of anilines is 1. The second-order valence-corrected chi connectivity index (χ2v) is 13.3. The fourth-order valence-corrected chi connectivity index (χ4v) is 7.32. The number of hydrogen-bond donors (Lipinski definition) is 2. The molecule has 2 amide bonds. The lowest BCUT2D eigenvalue weighted by Crippen LogP contribution is -2.38. The zero-order valence-electron chi connectivity index (χ0n) is 26.0. The number of rotatable bonds is 7. The van der Waals surface area contributed by atoms with Gasteiger partial charge in [0.05, 0.1) is 17.6 Å². The van der Waals surface area contributed by atoms with E-state index in [9.17, 15) is 27.9 Å². The Balaban J connectivity index is 1.16. The molecule has 0 spiro atoms. The summed E-state index contributed by atoms with van der Waals surface area (Å²) in [7, 11) is 0. The van der Waals surface area contributed by atoms with Crippen LogP contribution in [0.5, 0.6) is 0 Å². The maximum absolute atomic E-state index is 14.5. The number of thiazole rings is 1. The number of piperidine rings is 1. The predicted octanol–water partition coefficient (Wildman–Crippen LogP) is 5.24. The van der Waals surface area contributed by atoms with Gasteiger partial charge in [-0.25, -0.2) is 9.97 Å². The summed E-state index contributed by atoms with van der Waals surface area (Å²) in [5, 5.41) is 14.1. The molecular formula is C35H33F3N6O3S. The average Bonchev–Trinajstić information content (AvgIpc) is 3.88. The summed E-state index contributed by atoms with van der Waals surface area (Å²) in [4.78, 5) is 39.7. The van der Waals surface area contributed by atoms with Gasteiger partial charge in [-0.05, 0) is 80.1 Å². The first-order chi connectivity index (χ1) is 23.2. The van der Waals surface area contributed by atoms with Crippen molar-refractivity contribution >= 4 is 28.3 Å². The molecule has 248 valence electrons. The van der Waals surface area contributed by atoms with Gasteiger partial charge < -0.3 is 14.6 Å². The molecule has 1 saturated heterocycles. The van der Waals surface area contributed by atoms with E-state index in [1.165, 1.54) is 28.5 Å². The van der Waals surface area contributed by atoms with Gasteiger partial charge in [0.1, 0.15) is 0 Å². The molecule has 1 unspecified atom stereocenters. The highest BCUT2D eigenvalue weighted by Gasteiger charge is 2.45. The largest absolute Gasteiger partial charge is 0.416 e. The normalized spacial score (nSPS) is 17.2. The zero-order chi connectivity index (χ0) is 33.4. The first-order valence-corrected chi connectivity index (χ1v) is 16.8. The van der Waals surface area contributed by atoms with Crippen LogP contribution in [0.1, 0.15) is 74.9 Å². The van der Waals surface area contributed by atoms with Crippen molar-refractivity contribution in [3.05, 3.63) is 99.1 Å². The molecule has 7 rings (SSSR count). The molecule has 3 aliphatic heterocycles. The predicted molar refractivity (Wildman–Crippen MR) is 173 cm³/mol. The van der Waals surface area contributed by atoms with Crippen molar-refractivity contribution in [1.29, 1.82) is 0 Å². The first kappa shape index (κ1) is 32.1. The van der Waals surface area contributed by atoms with Gasteiger partial charge in [-0.1, -0.05) is 24.0 Å². The summed E-state index contributed by atoms with van der Waals surface area (Å²) < 4.78 is 45.4. The van der Waals surface area contributed by atoms with Crippen LogP contribution in [0.2, 0.25) is 0 Å². The molecule has 2 aromatic carbocycles. The summed E-state index contributed by atoms with van der Waals surface area (Å²) in [5.41, 5.74) is 1.67. The molecule has 1 atom stereocenters. The van der Waals surface area contributed by atoms with Crippen molar-refractivity contribution in [2.24, 2.45) is 5.92 Å². The van der Waals surface area contributed by atoms with Gasteiger partial charge >= 0.3 is 6.18 Å². The van der Waals surface area contributed by atoms with E-state index in [1.807, 2.05) is 28.8 Å². The molecule has 1 fully saturated rings. The molecule has 2 aromatic heterocycles. The Hall–Kier alpha value is -4.51. The number of nitrogens with one attached hydrogen (secondary N) is 1. The van der Waals surface area contributed by atoms with Gasteiger partial charge in [0.15, 0.2) is 11.2 Å². The maximum Gasteiger partial charge on any atom is 0.416 e. The van der Waals surface area contributed by atoms with E-state index in [2.05, 4.69) is 32.0 Å². The number of aryl methyl sites for hydroxylation is 1. The number of halogens is 3. The lowest BCUT2D eigenvalue weighted by Gasteiger charge is -2.31. The van der Waals surface area contributed by atoms with E-state index in [-0.39, 0.29) is 23.3 Å².